The summed E-state index contributed by atoms with van der Waals surface area (Å²) in [6.45, 7) is 8.55. The van der Waals surface area contributed by atoms with Gasteiger partial charge >= 0.3 is 6.03 Å². The summed E-state index contributed by atoms with van der Waals surface area (Å²) in [7, 11) is 0. The van der Waals surface area contributed by atoms with Crippen LogP contribution in [0.2, 0.25) is 0 Å². The average Bonchev–Trinajstić information content (AvgIpc) is 2.99. The minimum Gasteiger partial charge on any atom is -0.392 e. The molecule has 0 fully saturated rings. The van der Waals surface area contributed by atoms with Crippen LogP contribution in [0.25, 0.3) is 5.65 Å². The Balaban J connectivity index is 1.87. The predicted molar refractivity (Wildman–Crippen MR) is 87.9 cm³/mol. The SMILES string of the molecule is CC(C)C(O)C(C)(C)CNC(=O)NCc1ccnc2ccnn12. The van der Waals surface area contributed by atoms with E-state index in [2.05, 4.69) is 20.7 Å². The molecule has 2 rings (SSSR count). The first-order valence-electron chi connectivity index (χ1n) is 7.78. The number of carbonyl (C=O) groups excluding carboxylic acids is 1. The Morgan fingerprint density at radius 3 is 2.74 bits per heavy atom. The van der Waals surface area contributed by atoms with Crippen molar-refractivity contribution in [3.63, 3.8) is 0 Å². The van der Waals surface area contributed by atoms with Crippen molar-refractivity contribution in [1.82, 2.24) is 25.2 Å². The van der Waals surface area contributed by atoms with Gasteiger partial charge in [-0.2, -0.15) is 5.10 Å². The molecule has 0 aliphatic carbocycles. The summed E-state index contributed by atoms with van der Waals surface area (Å²) in [6.07, 6.45) is 2.88. The van der Waals surface area contributed by atoms with Gasteiger partial charge in [-0.05, 0) is 12.0 Å². The number of carbonyl (C=O) groups is 1. The minimum atomic E-state index is -0.480. The summed E-state index contributed by atoms with van der Waals surface area (Å²) in [5.74, 6) is 0.139. The van der Waals surface area contributed by atoms with Crippen LogP contribution in [0.4, 0.5) is 4.79 Å². The van der Waals surface area contributed by atoms with Gasteiger partial charge in [0, 0.05) is 24.2 Å². The van der Waals surface area contributed by atoms with Crippen LogP contribution in [0.3, 0.4) is 0 Å². The van der Waals surface area contributed by atoms with E-state index in [4.69, 9.17) is 0 Å². The van der Waals surface area contributed by atoms with Crippen LogP contribution in [-0.2, 0) is 6.54 Å². The molecule has 3 N–H and O–H groups in total. The first-order valence-corrected chi connectivity index (χ1v) is 7.78. The number of hydrogen-bond donors (Lipinski definition) is 3. The molecule has 0 aliphatic heterocycles. The number of rotatable bonds is 6. The molecule has 0 aromatic carbocycles. The van der Waals surface area contributed by atoms with Gasteiger partial charge in [0.25, 0.3) is 0 Å². The van der Waals surface area contributed by atoms with E-state index < -0.39 is 11.5 Å². The average molecular weight is 319 g/mol. The van der Waals surface area contributed by atoms with Crippen molar-refractivity contribution in [2.24, 2.45) is 11.3 Å². The number of aliphatic hydroxyl groups excluding tert-OH is 1. The van der Waals surface area contributed by atoms with Crippen LogP contribution >= 0.6 is 0 Å². The fourth-order valence-electron chi connectivity index (χ4n) is 2.57. The van der Waals surface area contributed by atoms with Crippen molar-refractivity contribution in [2.45, 2.75) is 40.3 Å². The van der Waals surface area contributed by atoms with Gasteiger partial charge in [0.2, 0.25) is 0 Å². The first kappa shape index (κ1) is 17.2. The number of aromatic nitrogens is 3. The zero-order valence-corrected chi connectivity index (χ0v) is 14.1. The Labute approximate surface area is 136 Å². The zero-order valence-electron chi connectivity index (χ0n) is 14.1. The molecule has 2 heterocycles. The minimum absolute atomic E-state index is 0.139. The molecule has 0 radical (unpaired) electrons. The number of nitrogens with one attached hydrogen (secondary N) is 2. The smallest absolute Gasteiger partial charge is 0.315 e. The molecule has 0 saturated carbocycles. The molecule has 126 valence electrons. The normalized spacial score (nSPS) is 13.3. The Kier molecular flexibility index (Phi) is 5.20. The highest BCUT2D eigenvalue weighted by Gasteiger charge is 2.30. The van der Waals surface area contributed by atoms with E-state index in [-0.39, 0.29) is 11.9 Å². The molecule has 7 nitrogen and oxygen atoms in total. The fraction of sp³-hybridized carbons (Fsp3) is 0.562. The highest BCUT2D eigenvalue weighted by Crippen LogP contribution is 2.24. The quantitative estimate of drug-likeness (QED) is 0.754. The number of fused-ring (bicyclic) bond motifs is 1. The summed E-state index contributed by atoms with van der Waals surface area (Å²) in [5.41, 5.74) is 1.19. The van der Waals surface area contributed by atoms with Crippen LogP contribution in [-0.4, -0.2) is 38.4 Å². The highest BCUT2D eigenvalue weighted by atomic mass is 16.3. The van der Waals surface area contributed by atoms with Crippen LogP contribution in [0.1, 0.15) is 33.4 Å². The third-order valence-corrected chi connectivity index (χ3v) is 3.94. The van der Waals surface area contributed by atoms with E-state index in [1.807, 2.05) is 33.8 Å². The lowest BCUT2D eigenvalue weighted by Crippen LogP contribution is -2.46. The molecule has 23 heavy (non-hydrogen) atoms. The lowest BCUT2D eigenvalue weighted by molar-refractivity contribution is 0.0151. The molecular formula is C16H25N5O2. The van der Waals surface area contributed by atoms with Gasteiger partial charge in [-0.15, -0.1) is 0 Å². The molecule has 2 aromatic heterocycles. The molecule has 1 unspecified atom stereocenters. The topological polar surface area (TPSA) is 91.5 Å². The second kappa shape index (κ2) is 6.95. The Morgan fingerprint density at radius 1 is 1.30 bits per heavy atom. The summed E-state index contributed by atoms with van der Waals surface area (Å²) in [6, 6.07) is 3.35. The predicted octanol–water partition coefficient (Wildman–Crippen LogP) is 1.57. The van der Waals surface area contributed by atoms with Crippen LogP contribution in [0.5, 0.6) is 0 Å². The zero-order chi connectivity index (χ0) is 17.0. The van der Waals surface area contributed by atoms with E-state index in [1.165, 1.54) is 0 Å². The van der Waals surface area contributed by atoms with Gasteiger partial charge in [-0.1, -0.05) is 27.7 Å². The lowest BCUT2D eigenvalue weighted by Gasteiger charge is -2.33. The fourth-order valence-corrected chi connectivity index (χ4v) is 2.57. The second-order valence-corrected chi connectivity index (χ2v) is 6.75. The molecule has 2 aromatic rings. The van der Waals surface area contributed by atoms with E-state index >= 15 is 0 Å². The molecular weight excluding hydrogens is 294 g/mol. The number of aliphatic hydroxyl groups is 1. The number of hydrogen-bond acceptors (Lipinski definition) is 4. The summed E-state index contributed by atoms with van der Waals surface area (Å²) in [5, 5.41) is 20.0. The monoisotopic (exact) mass is 319 g/mol. The van der Waals surface area contributed by atoms with Crippen molar-refractivity contribution < 1.29 is 9.90 Å². The summed E-state index contributed by atoms with van der Waals surface area (Å²) >= 11 is 0. The van der Waals surface area contributed by atoms with Crippen LogP contribution in [0, 0.1) is 11.3 Å². The third kappa shape index (κ3) is 4.19. The van der Waals surface area contributed by atoms with Gasteiger partial charge in [-0.3, -0.25) is 0 Å². The van der Waals surface area contributed by atoms with Crippen molar-refractivity contribution in [3.05, 3.63) is 30.2 Å². The van der Waals surface area contributed by atoms with Gasteiger partial charge in [0.05, 0.1) is 24.5 Å². The largest absolute Gasteiger partial charge is 0.392 e. The first-order chi connectivity index (χ1) is 10.8. The molecule has 0 aliphatic rings. The molecule has 2 amide bonds. The van der Waals surface area contributed by atoms with Crippen molar-refractivity contribution in [3.8, 4) is 0 Å². The Bertz CT molecular complexity index is 665. The van der Waals surface area contributed by atoms with E-state index in [9.17, 15) is 9.90 Å². The van der Waals surface area contributed by atoms with Crippen LogP contribution < -0.4 is 10.6 Å². The number of urea groups is 1. The van der Waals surface area contributed by atoms with E-state index in [0.29, 0.717) is 13.1 Å². The van der Waals surface area contributed by atoms with Gasteiger partial charge in [0.15, 0.2) is 5.65 Å². The third-order valence-electron chi connectivity index (χ3n) is 3.94. The highest BCUT2D eigenvalue weighted by molar-refractivity contribution is 5.73. The summed E-state index contributed by atoms with van der Waals surface area (Å²) < 4.78 is 1.69. The second-order valence-electron chi connectivity index (χ2n) is 6.75. The van der Waals surface area contributed by atoms with Crippen molar-refractivity contribution in [2.75, 3.05) is 6.54 Å². The van der Waals surface area contributed by atoms with Crippen molar-refractivity contribution >= 4 is 11.7 Å². The number of nitrogens with zero attached hydrogens (tertiary/aromatic N) is 3. The van der Waals surface area contributed by atoms with Crippen molar-refractivity contribution in [1.29, 1.82) is 0 Å². The number of amides is 2. The maximum Gasteiger partial charge on any atom is 0.315 e. The molecule has 1 atom stereocenters. The molecule has 0 saturated heterocycles. The summed E-state index contributed by atoms with van der Waals surface area (Å²) in [4.78, 5) is 16.2. The maximum absolute atomic E-state index is 12.0. The van der Waals surface area contributed by atoms with Gasteiger partial charge in [0.1, 0.15) is 0 Å². The van der Waals surface area contributed by atoms with Crippen LogP contribution in [0.15, 0.2) is 24.5 Å². The van der Waals surface area contributed by atoms with E-state index in [1.54, 1.807) is 23.0 Å². The van der Waals surface area contributed by atoms with Gasteiger partial charge < -0.3 is 15.7 Å². The lowest BCUT2D eigenvalue weighted by atomic mass is 9.81. The maximum atomic E-state index is 12.0. The molecule has 0 bridgehead atoms. The molecule has 7 heteroatoms. The Morgan fingerprint density at radius 2 is 2.04 bits per heavy atom. The Hall–Kier alpha value is -2.15. The standard InChI is InChI=1S/C16H25N5O2/c1-11(2)14(22)16(3,4)10-19-15(23)18-9-12-5-7-17-13-6-8-20-21(12)13/h5-8,11,14,22H,9-10H2,1-4H3,(H2,18,19,23). The van der Waals surface area contributed by atoms with E-state index in [0.717, 1.165) is 11.3 Å². The molecule has 0 spiro atoms. The van der Waals surface area contributed by atoms with Gasteiger partial charge in [-0.25, -0.2) is 14.3 Å².